The van der Waals surface area contributed by atoms with E-state index in [9.17, 15) is 43.5 Å². The van der Waals surface area contributed by atoms with Crippen molar-refractivity contribution >= 4 is 33.6 Å². The Morgan fingerprint density at radius 3 is 0.800 bits per heavy atom. The van der Waals surface area contributed by atoms with Gasteiger partial charge in [-0.1, -0.05) is 341 Å². The Kier molecular flexibility index (Phi) is 76.0. The zero-order valence-electron chi connectivity index (χ0n) is 66.1. The number of ether oxygens (including phenoxy) is 3. The quantitative estimate of drug-likeness (QED) is 0.0146. The van der Waals surface area contributed by atoms with E-state index >= 15 is 0 Å². The van der Waals surface area contributed by atoms with Crippen molar-refractivity contribution in [3.63, 3.8) is 0 Å². The summed E-state index contributed by atoms with van der Waals surface area (Å²) >= 11 is 0. The van der Waals surface area contributed by atoms with Gasteiger partial charge in [0.15, 0.2) is 6.10 Å². The van der Waals surface area contributed by atoms with Crippen LogP contribution in [0.15, 0.2) is 134 Å². The molecule has 0 aromatic rings. The van der Waals surface area contributed by atoms with Gasteiger partial charge in [-0.15, -0.1) is 0 Å². The summed E-state index contributed by atoms with van der Waals surface area (Å²) in [4.78, 5) is 58.7. The van der Waals surface area contributed by atoms with E-state index in [0.717, 1.165) is 141 Å². The Balaban J connectivity index is 4.51. The van der Waals surface area contributed by atoms with Crippen LogP contribution in [0.2, 0.25) is 0 Å². The molecule has 18 heteroatoms. The molecule has 5 atom stereocenters. The number of hydrogen-bond acceptors (Lipinski definition) is 14. The first kappa shape index (κ1) is 101. The monoisotopic (exact) mass is 1510 g/mol. The molecule has 0 rings (SSSR count). The molecule has 604 valence electrons. The summed E-state index contributed by atoms with van der Waals surface area (Å²) in [5.41, 5.74) is 0. The van der Waals surface area contributed by atoms with Gasteiger partial charge in [-0.3, -0.25) is 32.5 Å². The lowest BCUT2D eigenvalue weighted by Crippen LogP contribution is -2.30. The third-order valence-corrected chi connectivity index (χ3v) is 19.3. The second kappa shape index (κ2) is 79.2. The van der Waals surface area contributed by atoms with Crippen LogP contribution >= 0.6 is 15.6 Å². The number of rotatable bonds is 78. The number of aliphatic hydroxyl groups excluding tert-OH is 2. The number of aliphatic hydroxyl groups is 2. The molecule has 0 saturated heterocycles. The van der Waals surface area contributed by atoms with E-state index in [4.69, 9.17) is 32.3 Å². The average molecular weight is 1510 g/mol. The molecule has 0 aliphatic rings. The van der Waals surface area contributed by atoms with E-state index in [1.54, 1.807) is 0 Å². The van der Waals surface area contributed by atoms with Gasteiger partial charge in [0.05, 0.1) is 26.4 Å². The number of carbonyl (C=O) groups is 3. The van der Waals surface area contributed by atoms with E-state index in [0.29, 0.717) is 19.3 Å². The van der Waals surface area contributed by atoms with Crippen LogP contribution in [0.5, 0.6) is 0 Å². The van der Waals surface area contributed by atoms with Gasteiger partial charge in [-0.05, 0) is 116 Å². The number of allylic oxidation sites excluding steroid dienone is 22. The van der Waals surface area contributed by atoms with Crippen molar-refractivity contribution in [1.82, 2.24) is 0 Å². The molecule has 0 fully saturated rings. The van der Waals surface area contributed by atoms with Crippen LogP contribution in [0.4, 0.5) is 0 Å². The summed E-state index contributed by atoms with van der Waals surface area (Å²) < 4.78 is 61.2. The average Bonchev–Trinajstić information content (AvgIpc) is 0.920. The molecule has 0 bridgehead atoms. The fourth-order valence-corrected chi connectivity index (χ4v) is 12.7. The maximum absolute atomic E-state index is 13.0. The minimum Gasteiger partial charge on any atom is -0.463 e. The zero-order chi connectivity index (χ0) is 76.6. The van der Waals surface area contributed by atoms with Gasteiger partial charge in [0.2, 0.25) is 0 Å². The van der Waals surface area contributed by atoms with E-state index in [-0.39, 0.29) is 19.3 Å². The Morgan fingerprint density at radius 2 is 0.505 bits per heavy atom. The molecular formula is C87H150O16P2. The molecule has 0 spiro atoms. The normalized spacial score (nSPS) is 14.6. The maximum atomic E-state index is 13.0. The standard InChI is InChI=1S/C87H150O16P2/c1-4-7-10-13-16-19-22-25-28-30-32-34-36-37-38-39-40-41-42-43-45-47-48-50-53-55-58-61-64-67-70-73-85(90)97-76-82(88)77-99-104(93,94)100-78-83(89)79-101-105(95,96)102-81-84(103-87(92)75-72-69-66-63-60-57-52-27-24-21-18-15-12-9-6-3)80-98-86(91)74-71-68-65-62-59-56-54-51-49-46-44-35-33-31-29-26-23-20-17-14-11-8-5-2/h7-8,10-11,16-17,19-20,25-26,28-29,32-35,37-38,46,49,54,56,82-84,88-89H,4-6,9,12-15,18,21-24,27,30-31,36,39-45,47-48,50-53,55,57-81H2,1-3H3,(H,93,94)(H,95,96)/b10-7-,11-8-,19-16-,20-17-,28-25-,29-26-,34-32-,35-33-,38-37-,49-46-,56-54-. The van der Waals surface area contributed by atoms with E-state index in [1.165, 1.54) is 141 Å². The molecule has 0 aromatic carbocycles. The summed E-state index contributed by atoms with van der Waals surface area (Å²) in [5.74, 6) is -1.59. The SMILES string of the molecule is CC/C=C\C/C=C\C/C=C\C/C=C\C/C=C\C/C=C\CCCCCCC(=O)OCC(COP(=O)(O)OCC(O)COP(=O)(O)OCC(O)COC(=O)CCCCCCCCCCCCCCCCC/C=C\C/C=C\C/C=C\C/C=C\C/C=C\CC)OC(=O)CCCCCCCCCCCCCCCCC. The summed E-state index contributed by atoms with van der Waals surface area (Å²) in [5, 5.41) is 20.7. The largest absolute Gasteiger partial charge is 0.472 e. The predicted octanol–water partition coefficient (Wildman–Crippen LogP) is 24.7. The summed E-state index contributed by atoms with van der Waals surface area (Å²) in [6.45, 7) is 2.46. The number of phosphoric ester groups is 2. The lowest BCUT2D eigenvalue weighted by atomic mass is 10.0. The highest BCUT2D eigenvalue weighted by Gasteiger charge is 2.29. The Labute approximate surface area is 639 Å². The fourth-order valence-electron chi connectivity index (χ4n) is 11.1. The van der Waals surface area contributed by atoms with Crippen molar-refractivity contribution < 1.29 is 75.8 Å². The van der Waals surface area contributed by atoms with Crippen molar-refractivity contribution in [2.24, 2.45) is 0 Å². The topological polar surface area (TPSA) is 231 Å². The molecule has 4 N–H and O–H groups in total. The number of carbonyl (C=O) groups excluding carboxylic acids is 3. The molecular weight excluding hydrogens is 1360 g/mol. The van der Waals surface area contributed by atoms with Crippen molar-refractivity contribution in [3.8, 4) is 0 Å². The van der Waals surface area contributed by atoms with Gasteiger partial charge in [-0.25, -0.2) is 9.13 Å². The third kappa shape index (κ3) is 80.5. The number of unbranched alkanes of at least 4 members (excludes halogenated alkanes) is 33. The van der Waals surface area contributed by atoms with Crippen LogP contribution < -0.4 is 0 Å². The Hall–Kier alpha value is -4.31. The van der Waals surface area contributed by atoms with Gasteiger partial charge >= 0.3 is 33.6 Å². The first-order chi connectivity index (χ1) is 51.2. The molecule has 0 amide bonds. The van der Waals surface area contributed by atoms with Crippen molar-refractivity contribution in [2.75, 3.05) is 39.6 Å². The number of esters is 3. The molecule has 105 heavy (non-hydrogen) atoms. The molecule has 5 unspecified atom stereocenters. The molecule has 0 saturated carbocycles. The van der Waals surface area contributed by atoms with Crippen LogP contribution in [-0.4, -0.2) is 95.9 Å². The van der Waals surface area contributed by atoms with Crippen molar-refractivity contribution in [3.05, 3.63) is 134 Å². The molecule has 0 aliphatic heterocycles. The summed E-state index contributed by atoms with van der Waals surface area (Å²) in [6.07, 6.45) is 96.4. The van der Waals surface area contributed by atoms with Crippen LogP contribution in [-0.2, 0) is 55.8 Å². The predicted molar refractivity (Wildman–Crippen MR) is 436 cm³/mol. The number of hydrogen-bond donors (Lipinski definition) is 4. The highest BCUT2D eigenvalue weighted by atomic mass is 31.2. The van der Waals surface area contributed by atoms with Gasteiger partial charge in [0.25, 0.3) is 0 Å². The van der Waals surface area contributed by atoms with E-state index < -0.39 is 91.5 Å². The molecule has 16 nitrogen and oxygen atoms in total. The smallest absolute Gasteiger partial charge is 0.463 e. The first-order valence-corrected chi connectivity index (χ1v) is 44.5. The van der Waals surface area contributed by atoms with Crippen LogP contribution in [0.25, 0.3) is 0 Å². The summed E-state index contributed by atoms with van der Waals surface area (Å²) in [7, 11) is -9.80. The highest BCUT2D eigenvalue weighted by molar-refractivity contribution is 7.47. The summed E-state index contributed by atoms with van der Waals surface area (Å²) in [6, 6.07) is 0. The van der Waals surface area contributed by atoms with Gasteiger partial charge in [0.1, 0.15) is 25.4 Å². The van der Waals surface area contributed by atoms with Crippen molar-refractivity contribution in [2.45, 2.75) is 360 Å². The lowest BCUT2D eigenvalue weighted by Gasteiger charge is -2.21. The van der Waals surface area contributed by atoms with Gasteiger partial charge < -0.3 is 34.2 Å². The second-order valence-corrected chi connectivity index (χ2v) is 30.4. The minimum atomic E-state index is -4.94. The second-order valence-electron chi connectivity index (χ2n) is 27.5. The van der Waals surface area contributed by atoms with Crippen LogP contribution in [0.1, 0.15) is 342 Å². The first-order valence-electron chi connectivity index (χ1n) is 41.5. The maximum Gasteiger partial charge on any atom is 0.472 e. The fraction of sp³-hybridized carbons (Fsp3) is 0.713. The van der Waals surface area contributed by atoms with Crippen molar-refractivity contribution in [1.29, 1.82) is 0 Å². The lowest BCUT2D eigenvalue weighted by molar-refractivity contribution is -0.161. The molecule has 0 heterocycles. The highest BCUT2D eigenvalue weighted by Crippen LogP contribution is 2.45. The third-order valence-electron chi connectivity index (χ3n) is 17.4. The van der Waals surface area contributed by atoms with E-state index in [1.807, 2.05) is 0 Å². The Bertz CT molecular complexity index is 2440. The van der Waals surface area contributed by atoms with Gasteiger partial charge in [-0.2, -0.15) is 0 Å². The molecule has 0 radical (unpaired) electrons. The number of phosphoric acid groups is 2. The molecule has 0 aliphatic carbocycles. The minimum absolute atomic E-state index is 0.0999. The Morgan fingerprint density at radius 1 is 0.276 bits per heavy atom. The molecule has 0 aromatic heterocycles. The van der Waals surface area contributed by atoms with Gasteiger partial charge in [0, 0.05) is 19.3 Å². The van der Waals surface area contributed by atoms with Crippen LogP contribution in [0.3, 0.4) is 0 Å². The van der Waals surface area contributed by atoms with Crippen LogP contribution in [0, 0.1) is 0 Å². The zero-order valence-corrected chi connectivity index (χ0v) is 67.9. The van der Waals surface area contributed by atoms with E-state index in [2.05, 4.69) is 154 Å².